The van der Waals surface area contributed by atoms with Gasteiger partial charge in [-0.1, -0.05) is 6.07 Å². The van der Waals surface area contributed by atoms with Gasteiger partial charge in [-0.2, -0.15) is 0 Å². The number of rotatable bonds is 3. The SMILES string of the molecule is COC(=O)c1ncn(Cc2ccc3c(c2)OCO3)c1N. The van der Waals surface area contributed by atoms with Crippen LogP contribution < -0.4 is 15.2 Å². The van der Waals surface area contributed by atoms with Crippen LogP contribution >= 0.6 is 0 Å². The normalized spacial score (nSPS) is 12.4. The van der Waals surface area contributed by atoms with Gasteiger partial charge in [0.2, 0.25) is 6.79 Å². The molecule has 7 heteroatoms. The molecule has 0 unspecified atom stereocenters. The Hall–Kier alpha value is -2.70. The van der Waals surface area contributed by atoms with Crippen LogP contribution in [0, 0.1) is 0 Å². The lowest BCUT2D eigenvalue weighted by molar-refractivity contribution is 0.0596. The standard InChI is InChI=1S/C13H13N3O4/c1-18-13(17)11-12(14)16(6-15-11)5-8-2-3-9-10(4-8)20-7-19-9/h2-4,6H,5,7,14H2,1H3. The number of aromatic nitrogens is 2. The quantitative estimate of drug-likeness (QED) is 0.842. The van der Waals surface area contributed by atoms with Gasteiger partial charge in [-0.25, -0.2) is 9.78 Å². The highest BCUT2D eigenvalue weighted by molar-refractivity contribution is 5.92. The molecular formula is C13H13N3O4. The third-order valence-corrected chi connectivity index (χ3v) is 3.05. The molecule has 2 N–H and O–H groups in total. The minimum atomic E-state index is -0.549. The van der Waals surface area contributed by atoms with Crippen molar-refractivity contribution in [2.24, 2.45) is 0 Å². The Labute approximate surface area is 114 Å². The number of nitrogen functional groups attached to an aromatic ring is 1. The summed E-state index contributed by atoms with van der Waals surface area (Å²) in [6.07, 6.45) is 1.51. The van der Waals surface area contributed by atoms with Gasteiger partial charge >= 0.3 is 5.97 Å². The predicted molar refractivity (Wildman–Crippen MR) is 69.6 cm³/mol. The van der Waals surface area contributed by atoms with E-state index in [0.717, 1.165) is 11.3 Å². The van der Waals surface area contributed by atoms with E-state index in [9.17, 15) is 4.79 Å². The first-order chi connectivity index (χ1) is 9.69. The fourth-order valence-corrected chi connectivity index (χ4v) is 2.01. The van der Waals surface area contributed by atoms with Crippen molar-refractivity contribution < 1.29 is 19.0 Å². The molecule has 0 bridgehead atoms. The first-order valence-corrected chi connectivity index (χ1v) is 5.96. The number of hydrogen-bond donors (Lipinski definition) is 1. The summed E-state index contributed by atoms with van der Waals surface area (Å²) in [7, 11) is 1.29. The number of nitrogens with two attached hydrogens (primary N) is 1. The van der Waals surface area contributed by atoms with Crippen LogP contribution in [0.4, 0.5) is 5.82 Å². The second kappa shape index (κ2) is 4.76. The largest absolute Gasteiger partial charge is 0.464 e. The van der Waals surface area contributed by atoms with Crippen LogP contribution in [0.1, 0.15) is 16.1 Å². The van der Waals surface area contributed by atoms with Crippen molar-refractivity contribution in [3.63, 3.8) is 0 Å². The number of imidazole rings is 1. The van der Waals surface area contributed by atoms with E-state index in [1.54, 1.807) is 4.57 Å². The molecule has 0 radical (unpaired) electrons. The molecule has 0 fully saturated rings. The van der Waals surface area contributed by atoms with Crippen LogP contribution in [0.2, 0.25) is 0 Å². The van der Waals surface area contributed by atoms with Crippen molar-refractivity contribution in [2.45, 2.75) is 6.54 Å². The van der Waals surface area contributed by atoms with Gasteiger partial charge in [0.05, 0.1) is 20.0 Å². The Balaban J connectivity index is 1.85. The van der Waals surface area contributed by atoms with Crippen LogP contribution in [0.5, 0.6) is 11.5 Å². The van der Waals surface area contributed by atoms with Crippen molar-refractivity contribution in [3.8, 4) is 11.5 Å². The van der Waals surface area contributed by atoms with E-state index in [1.807, 2.05) is 18.2 Å². The van der Waals surface area contributed by atoms with E-state index < -0.39 is 5.97 Å². The zero-order chi connectivity index (χ0) is 14.1. The van der Waals surface area contributed by atoms with Crippen LogP contribution in [-0.2, 0) is 11.3 Å². The summed E-state index contributed by atoms with van der Waals surface area (Å²) >= 11 is 0. The zero-order valence-corrected chi connectivity index (χ0v) is 10.8. The minimum absolute atomic E-state index is 0.119. The molecule has 2 heterocycles. The van der Waals surface area contributed by atoms with Gasteiger partial charge < -0.3 is 24.5 Å². The highest BCUT2D eigenvalue weighted by Crippen LogP contribution is 2.32. The second-order valence-electron chi connectivity index (χ2n) is 4.29. The fraction of sp³-hybridized carbons (Fsp3) is 0.231. The minimum Gasteiger partial charge on any atom is -0.464 e. The number of carbonyl (C=O) groups is 1. The number of fused-ring (bicyclic) bond motifs is 1. The summed E-state index contributed by atoms with van der Waals surface area (Å²) in [6, 6.07) is 5.62. The lowest BCUT2D eigenvalue weighted by atomic mass is 10.2. The molecule has 1 aromatic carbocycles. The van der Waals surface area contributed by atoms with Gasteiger partial charge in [-0.3, -0.25) is 0 Å². The summed E-state index contributed by atoms with van der Waals surface area (Å²) in [5, 5.41) is 0. The lowest BCUT2D eigenvalue weighted by Gasteiger charge is -2.06. The summed E-state index contributed by atoms with van der Waals surface area (Å²) in [5.41, 5.74) is 6.97. The Kier molecular flexibility index (Phi) is 2.94. The van der Waals surface area contributed by atoms with Gasteiger partial charge in [0.1, 0.15) is 5.82 Å². The molecule has 1 aliphatic heterocycles. The molecule has 1 aliphatic rings. The number of benzene rings is 1. The third kappa shape index (κ3) is 2.03. The molecular weight excluding hydrogens is 262 g/mol. The number of ether oxygens (including phenoxy) is 3. The first kappa shape index (κ1) is 12.3. The highest BCUT2D eigenvalue weighted by Gasteiger charge is 2.17. The van der Waals surface area contributed by atoms with Crippen molar-refractivity contribution in [2.75, 3.05) is 19.6 Å². The molecule has 104 valence electrons. The molecule has 7 nitrogen and oxygen atoms in total. The second-order valence-corrected chi connectivity index (χ2v) is 4.29. The van der Waals surface area contributed by atoms with Gasteiger partial charge in [0.25, 0.3) is 0 Å². The van der Waals surface area contributed by atoms with Crippen LogP contribution in [0.25, 0.3) is 0 Å². The number of nitrogens with zero attached hydrogens (tertiary/aromatic N) is 2. The van der Waals surface area contributed by atoms with E-state index in [0.29, 0.717) is 12.3 Å². The van der Waals surface area contributed by atoms with E-state index in [4.69, 9.17) is 15.2 Å². The third-order valence-electron chi connectivity index (χ3n) is 3.05. The van der Waals surface area contributed by atoms with Crippen LogP contribution in [0.15, 0.2) is 24.5 Å². The van der Waals surface area contributed by atoms with E-state index in [-0.39, 0.29) is 18.3 Å². The van der Waals surface area contributed by atoms with Crippen molar-refractivity contribution in [1.29, 1.82) is 0 Å². The van der Waals surface area contributed by atoms with Crippen LogP contribution in [-0.4, -0.2) is 29.4 Å². The average Bonchev–Trinajstić information content (AvgIpc) is 3.05. The average molecular weight is 275 g/mol. The number of esters is 1. The maximum Gasteiger partial charge on any atom is 0.360 e. The molecule has 2 aromatic rings. The summed E-state index contributed by atoms with van der Waals surface area (Å²) in [4.78, 5) is 15.4. The molecule has 3 rings (SSSR count). The number of hydrogen-bond acceptors (Lipinski definition) is 6. The summed E-state index contributed by atoms with van der Waals surface area (Å²) in [5.74, 6) is 1.15. The smallest absolute Gasteiger partial charge is 0.360 e. The van der Waals surface area contributed by atoms with Crippen molar-refractivity contribution >= 4 is 11.8 Å². The van der Waals surface area contributed by atoms with Crippen molar-refractivity contribution in [1.82, 2.24) is 9.55 Å². The molecule has 0 saturated carbocycles. The zero-order valence-electron chi connectivity index (χ0n) is 10.8. The van der Waals surface area contributed by atoms with Gasteiger partial charge in [-0.05, 0) is 17.7 Å². The Morgan fingerprint density at radius 1 is 1.45 bits per heavy atom. The molecule has 0 spiro atoms. The maximum atomic E-state index is 11.4. The molecule has 0 saturated heterocycles. The lowest BCUT2D eigenvalue weighted by Crippen LogP contribution is -2.08. The first-order valence-electron chi connectivity index (χ1n) is 5.96. The number of carbonyl (C=O) groups excluding carboxylic acids is 1. The summed E-state index contributed by atoms with van der Waals surface area (Å²) in [6.45, 7) is 0.713. The fourth-order valence-electron chi connectivity index (χ4n) is 2.01. The predicted octanol–water partition coefficient (Wildman–Crippen LogP) is 1.03. The van der Waals surface area contributed by atoms with Gasteiger partial charge in [0.15, 0.2) is 17.2 Å². The summed E-state index contributed by atoms with van der Waals surface area (Å²) < 4.78 is 16.8. The van der Waals surface area contributed by atoms with E-state index in [1.165, 1.54) is 13.4 Å². The highest BCUT2D eigenvalue weighted by atomic mass is 16.7. The maximum absolute atomic E-state index is 11.4. The molecule has 1 aromatic heterocycles. The molecule has 0 aliphatic carbocycles. The number of anilines is 1. The monoisotopic (exact) mass is 275 g/mol. The Morgan fingerprint density at radius 3 is 3.05 bits per heavy atom. The Morgan fingerprint density at radius 2 is 2.25 bits per heavy atom. The van der Waals surface area contributed by atoms with Gasteiger partial charge in [-0.15, -0.1) is 0 Å². The molecule has 0 amide bonds. The van der Waals surface area contributed by atoms with Crippen LogP contribution in [0.3, 0.4) is 0 Å². The number of methoxy groups -OCH3 is 1. The molecule has 20 heavy (non-hydrogen) atoms. The van der Waals surface area contributed by atoms with Gasteiger partial charge in [0, 0.05) is 0 Å². The Bertz CT molecular complexity index is 666. The molecule has 0 atom stereocenters. The van der Waals surface area contributed by atoms with E-state index >= 15 is 0 Å². The topological polar surface area (TPSA) is 88.6 Å². The van der Waals surface area contributed by atoms with Crippen molar-refractivity contribution in [3.05, 3.63) is 35.8 Å². The van der Waals surface area contributed by atoms with E-state index in [2.05, 4.69) is 9.72 Å².